The second-order valence-corrected chi connectivity index (χ2v) is 4.31. The zero-order chi connectivity index (χ0) is 9.10. The highest BCUT2D eigenvalue weighted by atomic mass is 79.9. The van der Waals surface area contributed by atoms with E-state index in [2.05, 4.69) is 57.7 Å². The number of thiophene rings is 1. The molecule has 66 valence electrons. The van der Waals surface area contributed by atoms with Gasteiger partial charge in [0.05, 0.1) is 0 Å². The van der Waals surface area contributed by atoms with Crippen molar-refractivity contribution >= 4 is 43.4 Å². The van der Waals surface area contributed by atoms with Crippen molar-refractivity contribution in [3.63, 3.8) is 0 Å². The quantitative estimate of drug-likeness (QED) is 0.699. The Balaban J connectivity index is 2.54. The summed E-state index contributed by atoms with van der Waals surface area (Å²) in [6.07, 6.45) is 4.28. The van der Waals surface area contributed by atoms with Crippen LogP contribution >= 0.6 is 27.3 Å². The van der Waals surface area contributed by atoms with Crippen LogP contribution in [0.25, 0.3) is 16.2 Å². The van der Waals surface area contributed by atoms with Gasteiger partial charge in [-0.1, -0.05) is 46.3 Å². The summed E-state index contributed by atoms with van der Waals surface area (Å²) in [5, 5.41) is 4.38. The van der Waals surface area contributed by atoms with Crippen LogP contribution in [0.4, 0.5) is 0 Å². The van der Waals surface area contributed by atoms with Crippen molar-refractivity contribution in [3.8, 4) is 0 Å². The molecular formula is C11H9BrS. The lowest BCUT2D eigenvalue weighted by Gasteiger charge is -1.94. The summed E-state index contributed by atoms with van der Waals surface area (Å²) in [6, 6.07) is 8.56. The van der Waals surface area contributed by atoms with E-state index in [4.69, 9.17) is 0 Å². The lowest BCUT2D eigenvalue weighted by molar-refractivity contribution is 1.76. The van der Waals surface area contributed by atoms with Crippen LogP contribution in [0.2, 0.25) is 0 Å². The van der Waals surface area contributed by atoms with Crippen LogP contribution < -0.4 is 0 Å². The summed E-state index contributed by atoms with van der Waals surface area (Å²) >= 11 is 5.18. The van der Waals surface area contributed by atoms with E-state index in [9.17, 15) is 0 Å². The molecule has 2 rings (SSSR count). The first kappa shape index (κ1) is 8.97. The Morgan fingerprint density at radius 3 is 3.08 bits per heavy atom. The molecule has 0 radical (unpaired) electrons. The molecule has 2 heteroatoms. The minimum Gasteiger partial charge on any atom is -0.143 e. The second kappa shape index (κ2) is 4.07. The maximum absolute atomic E-state index is 3.38. The van der Waals surface area contributed by atoms with Crippen LogP contribution in [0, 0.1) is 0 Å². The fourth-order valence-corrected chi connectivity index (χ4v) is 2.40. The van der Waals surface area contributed by atoms with Crippen molar-refractivity contribution < 1.29 is 0 Å². The van der Waals surface area contributed by atoms with Crippen LogP contribution in [0.3, 0.4) is 0 Å². The Labute approximate surface area is 90.0 Å². The first-order valence-electron chi connectivity index (χ1n) is 4.10. The average Bonchev–Trinajstić information content (AvgIpc) is 2.62. The van der Waals surface area contributed by atoms with Crippen LogP contribution in [0.5, 0.6) is 0 Å². The predicted octanol–water partition coefficient (Wildman–Crippen LogP) is 4.31. The van der Waals surface area contributed by atoms with E-state index in [0.717, 1.165) is 5.33 Å². The SMILES string of the molecule is BrCC=Cc1cccc2ccsc12. The van der Waals surface area contributed by atoms with Crippen LogP contribution in [-0.4, -0.2) is 5.33 Å². The number of rotatable bonds is 2. The zero-order valence-corrected chi connectivity index (χ0v) is 9.44. The van der Waals surface area contributed by atoms with Gasteiger partial charge in [0.25, 0.3) is 0 Å². The molecule has 0 unspecified atom stereocenters. The summed E-state index contributed by atoms with van der Waals surface area (Å²) in [7, 11) is 0. The Morgan fingerprint density at radius 2 is 2.23 bits per heavy atom. The summed E-state index contributed by atoms with van der Waals surface area (Å²) in [6.45, 7) is 0. The molecule has 0 amide bonds. The molecule has 1 aromatic carbocycles. The topological polar surface area (TPSA) is 0 Å². The number of hydrogen-bond acceptors (Lipinski definition) is 1. The number of halogens is 1. The third kappa shape index (κ3) is 1.84. The van der Waals surface area contributed by atoms with E-state index in [-0.39, 0.29) is 0 Å². The highest BCUT2D eigenvalue weighted by Crippen LogP contribution is 2.25. The minimum absolute atomic E-state index is 0.911. The monoisotopic (exact) mass is 252 g/mol. The fraction of sp³-hybridized carbons (Fsp3) is 0.0909. The highest BCUT2D eigenvalue weighted by Gasteiger charge is 1.97. The van der Waals surface area contributed by atoms with E-state index in [1.54, 1.807) is 11.3 Å². The van der Waals surface area contributed by atoms with Crippen molar-refractivity contribution in [3.05, 3.63) is 41.3 Å². The average molecular weight is 253 g/mol. The number of alkyl halides is 1. The molecule has 0 aliphatic carbocycles. The predicted molar refractivity (Wildman–Crippen MR) is 64.7 cm³/mol. The molecule has 0 saturated heterocycles. The first-order valence-corrected chi connectivity index (χ1v) is 6.10. The van der Waals surface area contributed by atoms with Gasteiger partial charge in [0.1, 0.15) is 0 Å². The van der Waals surface area contributed by atoms with Crippen LogP contribution in [-0.2, 0) is 0 Å². The molecule has 0 atom stereocenters. The van der Waals surface area contributed by atoms with Crippen molar-refractivity contribution in [1.29, 1.82) is 0 Å². The molecule has 0 saturated carbocycles. The van der Waals surface area contributed by atoms with Crippen molar-refractivity contribution in [1.82, 2.24) is 0 Å². The highest BCUT2D eigenvalue weighted by molar-refractivity contribution is 9.09. The van der Waals surface area contributed by atoms with Gasteiger partial charge in [-0.3, -0.25) is 0 Å². The lowest BCUT2D eigenvalue weighted by atomic mass is 10.1. The van der Waals surface area contributed by atoms with E-state index >= 15 is 0 Å². The second-order valence-electron chi connectivity index (χ2n) is 2.74. The third-order valence-electron chi connectivity index (χ3n) is 1.90. The normalized spacial score (nSPS) is 11.5. The van der Waals surface area contributed by atoms with Crippen LogP contribution in [0.15, 0.2) is 35.7 Å². The molecule has 0 aliphatic heterocycles. The van der Waals surface area contributed by atoms with Gasteiger partial charge in [-0.05, 0) is 22.4 Å². The molecule has 0 aliphatic rings. The fourth-order valence-electron chi connectivity index (χ4n) is 1.32. The smallest absolute Gasteiger partial charge is 0.0414 e. The van der Waals surface area contributed by atoms with Crippen molar-refractivity contribution in [2.45, 2.75) is 0 Å². The Kier molecular flexibility index (Phi) is 2.81. The van der Waals surface area contributed by atoms with Gasteiger partial charge in [-0.2, -0.15) is 0 Å². The van der Waals surface area contributed by atoms with Crippen molar-refractivity contribution in [2.24, 2.45) is 0 Å². The summed E-state index contributed by atoms with van der Waals surface area (Å²) in [4.78, 5) is 0. The molecule has 1 aromatic heterocycles. The maximum Gasteiger partial charge on any atom is 0.0414 e. The Morgan fingerprint density at radius 1 is 1.31 bits per heavy atom. The standard InChI is InChI=1S/C11H9BrS/c12-7-2-5-9-3-1-4-10-6-8-13-11(9)10/h1-6,8H,7H2. The van der Waals surface area contributed by atoms with E-state index in [1.165, 1.54) is 15.6 Å². The molecular weight excluding hydrogens is 244 g/mol. The van der Waals surface area contributed by atoms with E-state index < -0.39 is 0 Å². The molecule has 0 nitrogen and oxygen atoms in total. The molecule has 2 aromatic rings. The molecule has 0 fully saturated rings. The summed E-state index contributed by atoms with van der Waals surface area (Å²) in [5.74, 6) is 0. The molecule has 1 heterocycles. The number of hydrogen-bond donors (Lipinski definition) is 0. The van der Waals surface area contributed by atoms with Gasteiger partial charge in [-0.15, -0.1) is 11.3 Å². The number of fused-ring (bicyclic) bond motifs is 1. The van der Waals surface area contributed by atoms with Gasteiger partial charge in [0, 0.05) is 10.0 Å². The summed E-state index contributed by atoms with van der Waals surface area (Å²) < 4.78 is 1.37. The van der Waals surface area contributed by atoms with E-state index in [0.29, 0.717) is 0 Å². The maximum atomic E-state index is 3.38. The minimum atomic E-state index is 0.911. The molecule has 0 bridgehead atoms. The van der Waals surface area contributed by atoms with Crippen molar-refractivity contribution in [2.75, 3.05) is 5.33 Å². The number of benzene rings is 1. The largest absolute Gasteiger partial charge is 0.143 e. The van der Waals surface area contributed by atoms with Crippen LogP contribution in [0.1, 0.15) is 5.56 Å². The summed E-state index contributed by atoms with van der Waals surface area (Å²) in [5.41, 5.74) is 1.31. The van der Waals surface area contributed by atoms with Gasteiger partial charge in [-0.25, -0.2) is 0 Å². The van der Waals surface area contributed by atoms with E-state index in [1.807, 2.05) is 0 Å². The Hall–Kier alpha value is -0.600. The first-order chi connectivity index (χ1) is 6.42. The Bertz CT molecular complexity index is 428. The molecule has 0 N–H and O–H groups in total. The molecule has 13 heavy (non-hydrogen) atoms. The molecule has 0 spiro atoms. The lowest BCUT2D eigenvalue weighted by Crippen LogP contribution is -1.71. The zero-order valence-electron chi connectivity index (χ0n) is 7.03. The number of allylic oxidation sites excluding steroid dienone is 1. The van der Waals surface area contributed by atoms with Gasteiger partial charge in [0.2, 0.25) is 0 Å². The van der Waals surface area contributed by atoms with Gasteiger partial charge in [0.15, 0.2) is 0 Å². The van der Waals surface area contributed by atoms with Gasteiger partial charge < -0.3 is 0 Å². The third-order valence-corrected chi connectivity index (χ3v) is 3.25. The van der Waals surface area contributed by atoms with Gasteiger partial charge >= 0.3 is 0 Å².